The molecule has 7 nitrogen and oxygen atoms in total. The number of hydrogen-bond acceptors (Lipinski definition) is 6. The van der Waals surface area contributed by atoms with E-state index in [0.29, 0.717) is 23.0 Å². The van der Waals surface area contributed by atoms with E-state index in [1.807, 2.05) is 31.2 Å². The van der Waals surface area contributed by atoms with Crippen molar-refractivity contribution in [3.8, 4) is 22.8 Å². The maximum atomic E-state index is 12.4. The maximum Gasteiger partial charge on any atom is 0.277 e. The lowest BCUT2D eigenvalue weighted by Crippen LogP contribution is -2.12. The minimum atomic E-state index is -0.373. The van der Waals surface area contributed by atoms with Crippen LogP contribution in [-0.4, -0.2) is 21.0 Å². The quantitative estimate of drug-likeness (QED) is 0.601. The van der Waals surface area contributed by atoms with Gasteiger partial charge in [-0.1, -0.05) is 17.3 Å². The van der Waals surface area contributed by atoms with Crippen LogP contribution in [0.4, 0.5) is 5.69 Å². The molecule has 0 unspecified atom stereocenters. The molecule has 4 rings (SSSR count). The molecule has 0 bridgehead atoms. The molecule has 3 aromatic heterocycles. The monoisotopic (exact) mass is 346 g/mol. The molecule has 1 aromatic carbocycles. The Morgan fingerprint density at radius 3 is 2.81 bits per heavy atom. The standard InChI is InChI=1S/C19H14N4O3/c1-12-20-8-7-15(21-12)13-4-2-5-14(10-13)22-19(24)16-11-18(26-23-16)17-6-3-9-25-17/h2-11H,1H3,(H,22,24). The second kappa shape index (κ2) is 6.64. The van der Waals surface area contributed by atoms with Crippen molar-refractivity contribution >= 4 is 11.6 Å². The Balaban J connectivity index is 1.54. The molecular weight excluding hydrogens is 332 g/mol. The highest BCUT2D eigenvalue weighted by molar-refractivity contribution is 6.03. The van der Waals surface area contributed by atoms with Crippen molar-refractivity contribution in [1.82, 2.24) is 15.1 Å². The molecule has 0 atom stereocenters. The van der Waals surface area contributed by atoms with Gasteiger partial charge in [-0.15, -0.1) is 0 Å². The molecule has 0 saturated carbocycles. The van der Waals surface area contributed by atoms with Crippen LogP contribution in [0, 0.1) is 6.92 Å². The maximum absolute atomic E-state index is 12.4. The van der Waals surface area contributed by atoms with Crippen LogP contribution >= 0.6 is 0 Å². The molecule has 0 aliphatic heterocycles. The first-order valence-electron chi connectivity index (χ1n) is 7.91. The molecule has 0 saturated heterocycles. The summed E-state index contributed by atoms with van der Waals surface area (Å²) in [5.74, 6) is 1.22. The third kappa shape index (κ3) is 3.23. The van der Waals surface area contributed by atoms with Gasteiger partial charge in [0, 0.05) is 23.5 Å². The zero-order valence-electron chi connectivity index (χ0n) is 13.8. The number of benzene rings is 1. The third-order valence-electron chi connectivity index (χ3n) is 3.70. The van der Waals surface area contributed by atoms with Crippen molar-refractivity contribution in [3.63, 3.8) is 0 Å². The summed E-state index contributed by atoms with van der Waals surface area (Å²) in [6.07, 6.45) is 3.23. The van der Waals surface area contributed by atoms with Crippen LogP contribution < -0.4 is 5.32 Å². The lowest BCUT2D eigenvalue weighted by atomic mass is 10.1. The molecule has 128 valence electrons. The normalized spacial score (nSPS) is 10.7. The van der Waals surface area contributed by atoms with E-state index in [-0.39, 0.29) is 11.6 Å². The summed E-state index contributed by atoms with van der Waals surface area (Å²) in [6, 6.07) is 14.2. The lowest BCUT2D eigenvalue weighted by Gasteiger charge is -2.06. The predicted octanol–water partition coefficient (Wildman–Crippen LogP) is 3.95. The van der Waals surface area contributed by atoms with Gasteiger partial charge in [-0.2, -0.15) is 0 Å². The Bertz CT molecular complexity index is 1050. The van der Waals surface area contributed by atoms with Crippen LogP contribution in [0.5, 0.6) is 0 Å². The first-order valence-corrected chi connectivity index (χ1v) is 7.91. The molecular formula is C19H14N4O3. The van der Waals surface area contributed by atoms with Crippen LogP contribution in [0.15, 0.2) is 69.9 Å². The zero-order valence-corrected chi connectivity index (χ0v) is 13.8. The van der Waals surface area contributed by atoms with Crippen LogP contribution in [0.3, 0.4) is 0 Å². The molecule has 3 heterocycles. The number of furan rings is 1. The Morgan fingerprint density at radius 2 is 2.00 bits per heavy atom. The van der Waals surface area contributed by atoms with E-state index in [4.69, 9.17) is 8.94 Å². The highest BCUT2D eigenvalue weighted by Gasteiger charge is 2.15. The van der Waals surface area contributed by atoms with Crippen molar-refractivity contribution in [2.45, 2.75) is 6.92 Å². The Morgan fingerprint density at radius 1 is 1.08 bits per heavy atom. The molecule has 4 aromatic rings. The minimum absolute atomic E-state index is 0.166. The van der Waals surface area contributed by atoms with Crippen molar-refractivity contribution in [2.75, 3.05) is 5.32 Å². The highest BCUT2D eigenvalue weighted by Crippen LogP contribution is 2.23. The Labute approximate surface area is 148 Å². The fourth-order valence-corrected chi connectivity index (χ4v) is 2.49. The molecule has 0 aliphatic carbocycles. The number of anilines is 1. The fraction of sp³-hybridized carbons (Fsp3) is 0.0526. The number of aromatic nitrogens is 3. The van der Waals surface area contributed by atoms with E-state index in [9.17, 15) is 4.79 Å². The summed E-state index contributed by atoms with van der Waals surface area (Å²) in [5, 5.41) is 6.60. The summed E-state index contributed by atoms with van der Waals surface area (Å²) < 4.78 is 10.4. The number of aryl methyl sites for hydroxylation is 1. The van der Waals surface area contributed by atoms with Crippen molar-refractivity contribution in [3.05, 3.63) is 72.5 Å². The van der Waals surface area contributed by atoms with E-state index in [1.54, 1.807) is 24.4 Å². The van der Waals surface area contributed by atoms with Gasteiger partial charge in [0.1, 0.15) is 5.82 Å². The fourth-order valence-electron chi connectivity index (χ4n) is 2.49. The van der Waals surface area contributed by atoms with Gasteiger partial charge in [-0.25, -0.2) is 9.97 Å². The van der Waals surface area contributed by atoms with E-state index >= 15 is 0 Å². The molecule has 0 radical (unpaired) electrons. The summed E-state index contributed by atoms with van der Waals surface area (Å²) in [4.78, 5) is 20.9. The van der Waals surface area contributed by atoms with E-state index in [0.717, 1.165) is 11.3 Å². The topological polar surface area (TPSA) is 94.1 Å². The lowest BCUT2D eigenvalue weighted by molar-refractivity contribution is 0.101. The first kappa shape index (κ1) is 15.8. The second-order valence-electron chi connectivity index (χ2n) is 5.58. The number of hydrogen-bond donors (Lipinski definition) is 1. The molecule has 26 heavy (non-hydrogen) atoms. The van der Waals surface area contributed by atoms with Gasteiger partial charge >= 0.3 is 0 Å². The largest absolute Gasteiger partial charge is 0.461 e. The van der Waals surface area contributed by atoms with Gasteiger partial charge in [0.2, 0.25) is 5.76 Å². The molecule has 7 heteroatoms. The minimum Gasteiger partial charge on any atom is -0.461 e. The SMILES string of the molecule is Cc1nccc(-c2cccc(NC(=O)c3cc(-c4ccco4)on3)c2)n1. The summed E-state index contributed by atoms with van der Waals surface area (Å²) >= 11 is 0. The van der Waals surface area contributed by atoms with Crippen molar-refractivity contribution in [2.24, 2.45) is 0 Å². The average molecular weight is 346 g/mol. The van der Waals surface area contributed by atoms with Crippen molar-refractivity contribution in [1.29, 1.82) is 0 Å². The van der Waals surface area contributed by atoms with Crippen LogP contribution in [0.1, 0.15) is 16.3 Å². The molecule has 1 N–H and O–H groups in total. The Kier molecular flexibility index (Phi) is 4.03. The van der Waals surface area contributed by atoms with Crippen LogP contribution in [0.25, 0.3) is 22.8 Å². The molecule has 1 amide bonds. The molecule has 0 aliphatic rings. The second-order valence-corrected chi connectivity index (χ2v) is 5.58. The molecule has 0 spiro atoms. The Hall–Kier alpha value is -3.74. The van der Waals surface area contributed by atoms with Crippen molar-refractivity contribution < 1.29 is 13.7 Å². The number of amides is 1. The smallest absolute Gasteiger partial charge is 0.277 e. The number of carbonyl (C=O) groups excluding carboxylic acids is 1. The van der Waals surface area contributed by atoms with Gasteiger partial charge in [-0.3, -0.25) is 4.79 Å². The van der Waals surface area contributed by atoms with Gasteiger partial charge in [-0.05, 0) is 37.3 Å². The summed E-state index contributed by atoms with van der Waals surface area (Å²) in [6.45, 7) is 1.83. The number of rotatable bonds is 4. The predicted molar refractivity (Wildman–Crippen MR) is 94.4 cm³/mol. The van der Waals surface area contributed by atoms with Crippen LogP contribution in [0.2, 0.25) is 0 Å². The summed E-state index contributed by atoms with van der Waals surface area (Å²) in [7, 11) is 0. The summed E-state index contributed by atoms with van der Waals surface area (Å²) in [5.41, 5.74) is 2.46. The van der Waals surface area contributed by atoms with E-state index in [1.165, 1.54) is 12.3 Å². The van der Waals surface area contributed by atoms with Gasteiger partial charge in [0.15, 0.2) is 11.5 Å². The number of carbonyl (C=O) groups is 1. The number of nitrogens with one attached hydrogen (secondary N) is 1. The van der Waals surface area contributed by atoms with Gasteiger partial charge in [0.05, 0.1) is 12.0 Å². The molecule has 0 fully saturated rings. The van der Waals surface area contributed by atoms with E-state index < -0.39 is 0 Å². The average Bonchev–Trinajstić information content (AvgIpc) is 3.33. The van der Waals surface area contributed by atoms with Crippen LogP contribution in [-0.2, 0) is 0 Å². The third-order valence-corrected chi connectivity index (χ3v) is 3.70. The van der Waals surface area contributed by atoms with Gasteiger partial charge < -0.3 is 14.3 Å². The first-order chi connectivity index (χ1) is 12.7. The highest BCUT2D eigenvalue weighted by atomic mass is 16.5. The van der Waals surface area contributed by atoms with E-state index in [2.05, 4.69) is 20.4 Å². The zero-order chi connectivity index (χ0) is 17.9. The van der Waals surface area contributed by atoms with Gasteiger partial charge in [0.25, 0.3) is 5.91 Å². The number of nitrogens with zero attached hydrogens (tertiary/aromatic N) is 3.